The molecule has 3 rings (SSSR count). The van der Waals surface area contributed by atoms with Crippen LogP contribution in [0.3, 0.4) is 0 Å². The van der Waals surface area contributed by atoms with Gasteiger partial charge in [-0.05, 0) is 12.1 Å². The van der Waals surface area contributed by atoms with E-state index in [0.29, 0.717) is 40.5 Å². The third-order valence-electron chi connectivity index (χ3n) is 2.59. The highest BCUT2D eigenvalue weighted by Gasteiger charge is 2.12. The van der Waals surface area contributed by atoms with Crippen molar-refractivity contribution in [3.8, 4) is 11.5 Å². The average molecular weight is 310 g/mol. The first kappa shape index (κ1) is 13.1. The summed E-state index contributed by atoms with van der Waals surface area (Å²) in [7, 11) is 0. The van der Waals surface area contributed by atoms with Crippen molar-refractivity contribution in [1.82, 2.24) is 25.2 Å². The SMILES string of the molecule is ClCc1cn(Cc2nnc(-c3ccccc3Cl)o2)nn1. The van der Waals surface area contributed by atoms with Crippen LogP contribution >= 0.6 is 23.2 Å². The van der Waals surface area contributed by atoms with Crippen molar-refractivity contribution < 1.29 is 4.42 Å². The van der Waals surface area contributed by atoms with Crippen LogP contribution in [0.1, 0.15) is 11.6 Å². The molecule has 0 amide bonds. The van der Waals surface area contributed by atoms with Gasteiger partial charge in [0.2, 0.25) is 11.8 Å². The number of rotatable bonds is 4. The minimum absolute atomic E-state index is 0.314. The number of nitrogens with zero attached hydrogens (tertiary/aromatic N) is 5. The van der Waals surface area contributed by atoms with E-state index in [2.05, 4.69) is 20.5 Å². The predicted octanol–water partition coefficient (Wildman–Crippen LogP) is 2.77. The lowest BCUT2D eigenvalue weighted by Crippen LogP contribution is -2.00. The van der Waals surface area contributed by atoms with E-state index in [4.69, 9.17) is 27.6 Å². The van der Waals surface area contributed by atoms with Gasteiger partial charge in [0, 0.05) is 0 Å². The van der Waals surface area contributed by atoms with Gasteiger partial charge in [0.1, 0.15) is 6.54 Å². The zero-order valence-corrected chi connectivity index (χ0v) is 11.7. The Morgan fingerprint density at radius 3 is 2.75 bits per heavy atom. The Morgan fingerprint density at radius 1 is 1.15 bits per heavy atom. The first-order chi connectivity index (χ1) is 9.76. The summed E-state index contributed by atoms with van der Waals surface area (Å²) in [6, 6.07) is 7.28. The van der Waals surface area contributed by atoms with Crippen LogP contribution in [0, 0.1) is 0 Å². The second-order valence-electron chi connectivity index (χ2n) is 4.02. The molecule has 0 aliphatic carbocycles. The van der Waals surface area contributed by atoms with Gasteiger partial charge in [0.05, 0.1) is 28.4 Å². The van der Waals surface area contributed by atoms with Crippen molar-refractivity contribution in [3.05, 3.63) is 47.1 Å². The molecule has 0 unspecified atom stereocenters. The third-order valence-corrected chi connectivity index (χ3v) is 3.19. The number of halogens is 2. The van der Waals surface area contributed by atoms with E-state index in [-0.39, 0.29) is 0 Å². The van der Waals surface area contributed by atoms with Crippen LogP contribution in [-0.4, -0.2) is 25.2 Å². The maximum absolute atomic E-state index is 6.08. The molecule has 0 fully saturated rings. The van der Waals surface area contributed by atoms with E-state index < -0.39 is 0 Å². The summed E-state index contributed by atoms with van der Waals surface area (Å²) < 4.78 is 7.15. The molecule has 2 heterocycles. The first-order valence-electron chi connectivity index (χ1n) is 5.78. The molecule has 2 aromatic heterocycles. The topological polar surface area (TPSA) is 69.6 Å². The Balaban J connectivity index is 1.82. The molecule has 0 atom stereocenters. The van der Waals surface area contributed by atoms with E-state index in [1.165, 1.54) is 0 Å². The summed E-state index contributed by atoms with van der Waals surface area (Å²) in [6.45, 7) is 0.335. The second-order valence-corrected chi connectivity index (χ2v) is 4.70. The smallest absolute Gasteiger partial charge is 0.249 e. The standard InChI is InChI=1S/C12H9Cl2N5O/c13-5-8-6-19(18-15-8)7-11-16-17-12(20-11)9-3-1-2-4-10(9)14/h1-4,6H,5,7H2. The fraction of sp³-hybridized carbons (Fsp3) is 0.167. The van der Waals surface area contributed by atoms with Crippen molar-refractivity contribution >= 4 is 23.2 Å². The Labute approximate surface area is 124 Å². The van der Waals surface area contributed by atoms with E-state index >= 15 is 0 Å². The highest BCUT2D eigenvalue weighted by molar-refractivity contribution is 6.33. The molecule has 0 aliphatic heterocycles. The Hall–Kier alpha value is -1.92. The molecule has 20 heavy (non-hydrogen) atoms. The molecule has 0 aliphatic rings. The van der Waals surface area contributed by atoms with Gasteiger partial charge < -0.3 is 4.42 Å². The highest BCUT2D eigenvalue weighted by atomic mass is 35.5. The summed E-state index contributed by atoms with van der Waals surface area (Å²) in [5.41, 5.74) is 1.39. The number of hydrogen-bond donors (Lipinski definition) is 0. The normalized spacial score (nSPS) is 10.9. The Morgan fingerprint density at radius 2 is 2.00 bits per heavy atom. The van der Waals surface area contributed by atoms with Crippen LogP contribution in [0.2, 0.25) is 5.02 Å². The number of alkyl halides is 1. The van der Waals surface area contributed by atoms with Gasteiger partial charge in [-0.2, -0.15) is 0 Å². The molecule has 0 N–H and O–H groups in total. The van der Waals surface area contributed by atoms with Crippen LogP contribution < -0.4 is 0 Å². The second kappa shape index (κ2) is 5.60. The van der Waals surface area contributed by atoms with Gasteiger partial charge in [0.15, 0.2) is 0 Å². The summed E-state index contributed by atoms with van der Waals surface area (Å²) in [5, 5.41) is 16.3. The molecule has 0 spiro atoms. The predicted molar refractivity (Wildman–Crippen MR) is 73.4 cm³/mol. The summed E-state index contributed by atoms with van der Waals surface area (Å²) in [5.74, 6) is 1.11. The Kier molecular flexibility index (Phi) is 3.66. The van der Waals surface area contributed by atoms with Gasteiger partial charge in [-0.25, -0.2) is 4.68 Å². The fourth-order valence-corrected chi connectivity index (χ4v) is 2.02. The molecule has 6 nitrogen and oxygen atoms in total. The number of hydrogen-bond acceptors (Lipinski definition) is 5. The van der Waals surface area contributed by atoms with Crippen LogP contribution in [0.5, 0.6) is 0 Å². The van der Waals surface area contributed by atoms with Crippen LogP contribution in [0.4, 0.5) is 0 Å². The minimum atomic E-state index is 0.314. The van der Waals surface area contributed by atoms with Gasteiger partial charge in [-0.3, -0.25) is 0 Å². The fourth-order valence-electron chi connectivity index (χ4n) is 1.68. The average Bonchev–Trinajstić information content (AvgIpc) is 3.09. The van der Waals surface area contributed by atoms with Crippen LogP contribution in [0.25, 0.3) is 11.5 Å². The molecule has 3 aromatic rings. The van der Waals surface area contributed by atoms with Crippen molar-refractivity contribution in [2.24, 2.45) is 0 Å². The van der Waals surface area contributed by atoms with E-state index in [9.17, 15) is 0 Å². The third kappa shape index (κ3) is 2.66. The molecule has 102 valence electrons. The lowest BCUT2D eigenvalue weighted by Gasteiger charge is -1.97. The van der Waals surface area contributed by atoms with Crippen molar-refractivity contribution in [3.63, 3.8) is 0 Å². The highest BCUT2D eigenvalue weighted by Crippen LogP contribution is 2.26. The zero-order valence-electron chi connectivity index (χ0n) is 10.2. The molecule has 1 aromatic carbocycles. The summed E-state index contributed by atoms with van der Waals surface area (Å²) in [4.78, 5) is 0. The lowest BCUT2D eigenvalue weighted by atomic mass is 10.2. The number of aromatic nitrogens is 5. The minimum Gasteiger partial charge on any atom is -0.419 e. The van der Waals surface area contributed by atoms with Gasteiger partial charge in [0.25, 0.3) is 0 Å². The zero-order chi connectivity index (χ0) is 13.9. The monoisotopic (exact) mass is 309 g/mol. The largest absolute Gasteiger partial charge is 0.419 e. The quantitative estimate of drug-likeness (QED) is 0.693. The van der Waals surface area contributed by atoms with Crippen molar-refractivity contribution in [2.75, 3.05) is 0 Å². The molecule has 0 radical (unpaired) electrons. The summed E-state index contributed by atoms with van der Waals surface area (Å²) in [6.07, 6.45) is 1.73. The molecule has 0 bridgehead atoms. The van der Waals surface area contributed by atoms with Crippen LogP contribution in [0.15, 0.2) is 34.9 Å². The van der Waals surface area contributed by atoms with E-state index in [1.807, 2.05) is 18.2 Å². The van der Waals surface area contributed by atoms with Crippen molar-refractivity contribution in [2.45, 2.75) is 12.4 Å². The maximum Gasteiger partial charge on any atom is 0.249 e. The number of benzene rings is 1. The van der Waals surface area contributed by atoms with Gasteiger partial charge in [-0.15, -0.1) is 26.9 Å². The van der Waals surface area contributed by atoms with Gasteiger partial charge >= 0.3 is 0 Å². The molecular weight excluding hydrogens is 301 g/mol. The summed E-state index contributed by atoms with van der Waals surface area (Å²) >= 11 is 11.7. The Bertz CT molecular complexity index is 724. The van der Waals surface area contributed by atoms with E-state index in [1.54, 1.807) is 16.9 Å². The molecule has 8 heteroatoms. The van der Waals surface area contributed by atoms with Crippen LogP contribution in [-0.2, 0) is 12.4 Å². The molecule has 0 saturated carbocycles. The maximum atomic E-state index is 6.08. The molecular formula is C12H9Cl2N5O. The molecule has 0 saturated heterocycles. The van der Waals surface area contributed by atoms with E-state index in [0.717, 1.165) is 0 Å². The first-order valence-corrected chi connectivity index (χ1v) is 6.70. The van der Waals surface area contributed by atoms with Gasteiger partial charge in [-0.1, -0.05) is 28.9 Å². The lowest BCUT2D eigenvalue weighted by molar-refractivity contribution is 0.469. The van der Waals surface area contributed by atoms with Crippen molar-refractivity contribution in [1.29, 1.82) is 0 Å².